The van der Waals surface area contributed by atoms with Crippen LogP contribution in [-0.2, 0) is 20.9 Å². The average Bonchev–Trinajstić information content (AvgIpc) is 2.90. The summed E-state index contributed by atoms with van der Waals surface area (Å²) in [5.74, 6) is 3.89. The minimum Gasteiger partial charge on any atom is -0.490 e. The number of nitrogens with zero attached hydrogens (tertiary/aromatic N) is 1. The molecule has 0 fully saturated rings. The predicted molar refractivity (Wildman–Crippen MR) is 131 cm³/mol. The molecule has 1 unspecified atom stereocenters. The van der Waals surface area contributed by atoms with Crippen molar-refractivity contribution in [1.82, 2.24) is 5.01 Å². The highest BCUT2D eigenvalue weighted by molar-refractivity contribution is 6.00. The summed E-state index contributed by atoms with van der Waals surface area (Å²) >= 11 is 0. The molecule has 0 saturated heterocycles. The lowest BCUT2D eigenvalue weighted by molar-refractivity contribution is -0.138. The molecule has 9 nitrogen and oxygen atoms in total. The molecule has 3 aromatic carbocycles. The molecule has 188 valence electrons. The van der Waals surface area contributed by atoms with E-state index in [4.69, 9.17) is 20.1 Å². The maximum Gasteiger partial charge on any atom is 0.338 e. The number of hydrazine groups is 1. The zero-order valence-corrected chi connectivity index (χ0v) is 19.8. The fraction of sp³-hybridized carbons (Fsp3) is 0.222. The van der Waals surface area contributed by atoms with Crippen LogP contribution in [0.3, 0.4) is 0 Å². The molecule has 1 amide bonds. The first-order valence-electron chi connectivity index (χ1n) is 11.2. The van der Waals surface area contributed by atoms with Gasteiger partial charge in [-0.15, -0.1) is 0 Å². The Hall–Kier alpha value is -4.21. The molecule has 0 spiro atoms. The molecular weight excluding hydrogens is 464 g/mol. The lowest BCUT2D eigenvalue weighted by Crippen LogP contribution is -2.41. The van der Waals surface area contributed by atoms with Gasteiger partial charge in [-0.1, -0.05) is 60.7 Å². The standard InChI is InChI=1S/C27H28N2O7/c1-34-14-15-35-24-13-12-21(27(33)36-18-19-8-4-2-5-9-19)16-22(24)26(32)29(28)23(17-25(30)31)20-10-6-3-7-11-20/h2-13,16,23H,14-15,17-18,28H2,1H3,(H,30,31). The van der Waals surface area contributed by atoms with Crippen LogP contribution in [0.4, 0.5) is 0 Å². The summed E-state index contributed by atoms with van der Waals surface area (Å²) < 4.78 is 16.1. The van der Waals surface area contributed by atoms with Crippen LogP contribution < -0.4 is 10.6 Å². The number of carbonyl (C=O) groups excluding carboxylic acids is 2. The van der Waals surface area contributed by atoms with Gasteiger partial charge in [-0.25, -0.2) is 10.6 Å². The van der Waals surface area contributed by atoms with Crippen LogP contribution in [0.15, 0.2) is 78.9 Å². The zero-order chi connectivity index (χ0) is 25.9. The van der Waals surface area contributed by atoms with Gasteiger partial charge in [0, 0.05) is 7.11 Å². The van der Waals surface area contributed by atoms with E-state index in [-0.39, 0.29) is 36.7 Å². The Bertz CT molecular complexity index is 1170. The second kappa shape index (κ2) is 13.0. The van der Waals surface area contributed by atoms with E-state index < -0.39 is 30.3 Å². The summed E-state index contributed by atoms with van der Waals surface area (Å²) in [6.07, 6.45) is -0.412. The molecule has 9 heteroatoms. The van der Waals surface area contributed by atoms with Gasteiger partial charge in [-0.2, -0.15) is 0 Å². The van der Waals surface area contributed by atoms with E-state index in [0.717, 1.165) is 10.6 Å². The fourth-order valence-electron chi connectivity index (χ4n) is 3.49. The Kier molecular flexibility index (Phi) is 9.56. The van der Waals surface area contributed by atoms with Gasteiger partial charge >= 0.3 is 11.9 Å². The Morgan fingerprint density at radius 3 is 2.25 bits per heavy atom. The number of aliphatic carboxylic acids is 1. The number of carbonyl (C=O) groups is 3. The highest BCUT2D eigenvalue weighted by Gasteiger charge is 2.28. The Balaban J connectivity index is 1.89. The van der Waals surface area contributed by atoms with Gasteiger partial charge in [0.05, 0.1) is 30.2 Å². The van der Waals surface area contributed by atoms with Crippen molar-refractivity contribution in [2.45, 2.75) is 19.1 Å². The summed E-state index contributed by atoms with van der Waals surface area (Å²) in [6, 6.07) is 21.1. The maximum atomic E-state index is 13.5. The quantitative estimate of drug-likeness (QED) is 0.129. The van der Waals surface area contributed by atoms with E-state index in [2.05, 4.69) is 0 Å². The molecule has 1 atom stereocenters. The molecule has 0 bridgehead atoms. The van der Waals surface area contributed by atoms with Gasteiger partial charge in [0.15, 0.2) is 0 Å². The molecule has 36 heavy (non-hydrogen) atoms. The number of nitrogens with two attached hydrogens (primary N) is 1. The highest BCUT2D eigenvalue weighted by atomic mass is 16.5. The summed E-state index contributed by atoms with van der Waals surface area (Å²) in [5.41, 5.74) is 1.48. The molecular formula is C27H28N2O7. The van der Waals surface area contributed by atoms with Crippen molar-refractivity contribution in [3.63, 3.8) is 0 Å². The van der Waals surface area contributed by atoms with Crippen molar-refractivity contribution in [3.05, 3.63) is 101 Å². The predicted octanol–water partition coefficient (Wildman–Crippen LogP) is 3.60. The molecule has 0 saturated carbocycles. The van der Waals surface area contributed by atoms with Crippen molar-refractivity contribution in [2.24, 2.45) is 5.84 Å². The normalized spacial score (nSPS) is 11.4. The first-order chi connectivity index (χ1) is 17.4. The number of carboxylic acids is 1. The number of benzene rings is 3. The lowest BCUT2D eigenvalue weighted by atomic mass is 10.0. The number of hydrogen-bond donors (Lipinski definition) is 2. The Morgan fingerprint density at radius 2 is 1.61 bits per heavy atom. The van der Waals surface area contributed by atoms with E-state index in [0.29, 0.717) is 5.56 Å². The van der Waals surface area contributed by atoms with E-state index in [1.54, 1.807) is 30.3 Å². The van der Waals surface area contributed by atoms with E-state index in [9.17, 15) is 19.5 Å². The smallest absolute Gasteiger partial charge is 0.338 e. The number of carboxylic acid groups (broad SMARTS) is 1. The molecule has 0 heterocycles. The molecule has 0 radical (unpaired) electrons. The topological polar surface area (TPSA) is 128 Å². The van der Waals surface area contributed by atoms with Gasteiger partial charge in [0.1, 0.15) is 19.0 Å². The number of esters is 1. The van der Waals surface area contributed by atoms with Gasteiger partial charge in [0.2, 0.25) is 0 Å². The summed E-state index contributed by atoms with van der Waals surface area (Å²) in [5, 5.41) is 10.3. The summed E-state index contributed by atoms with van der Waals surface area (Å²) in [6.45, 7) is 0.482. The van der Waals surface area contributed by atoms with Crippen LogP contribution in [0.2, 0.25) is 0 Å². The Labute approximate surface area is 209 Å². The van der Waals surface area contributed by atoms with Crippen molar-refractivity contribution in [1.29, 1.82) is 0 Å². The number of rotatable bonds is 12. The van der Waals surface area contributed by atoms with Crippen LogP contribution >= 0.6 is 0 Å². The lowest BCUT2D eigenvalue weighted by Gasteiger charge is -2.27. The second-order valence-corrected chi connectivity index (χ2v) is 7.85. The SMILES string of the molecule is COCCOc1ccc(C(=O)OCc2ccccc2)cc1C(=O)N(N)C(CC(=O)O)c1ccccc1. The molecule has 3 rings (SSSR count). The molecule has 0 aliphatic rings. The molecule has 0 aliphatic carbocycles. The van der Waals surface area contributed by atoms with Crippen molar-refractivity contribution in [2.75, 3.05) is 20.3 Å². The van der Waals surface area contributed by atoms with E-state index >= 15 is 0 Å². The first kappa shape index (κ1) is 26.4. The molecule has 3 aromatic rings. The van der Waals surface area contributed by atoms with Crippen molar-refractivity contribution < 1.29 is 33.7 Å². The third-order valence-electron chi connectivity index (χ3n) is 5.33. The number of amides is 1. The number of ether oxygens (including phenoxy) is 3. The minimum absolute atomic E-state index is 0.00548. The fourth-order valence-corrected chi connectivity index (χ4v) is 3.49. The maximum absolute atomic E-state index is 13.5. The Morgan fingerprint density at radius 1 is 0.944 bits per heavy atom. The monoisotopic (exact) mass is 492 g/mol. The molecule has 0 aliphatic heterocycles. The van der Waals surface area contributed by atoms with Crippen LogP contribution in [0.5, 0.6) is 5.75 Å². The van der Waals surface area contributed by atoms with Crippen LogP contribution in [0.25, 0.3) is 0 Å². The van der Waals surface area contributed by atoms with E-state index in [1.807, 2.05) is 30.3 Å². The minimum atomic E-state index is -1.12. The first-order valence-corrected chi connectivity index (χ1v) is 11.2. The van der Waals surface area contributed by atoms with Gasteiger partial charge in [-0.3, -0.25) is 14.6 Å². The van der Waals surface area contributed by atoms with Crippen LogP contribution in [0.1, 0.15) is 44.3 Å². The zero-order valence-electron chi connectivity index (χ0n) is 19.8. The number of hydrogen-bond acceptors (Lipinski definition) is 7. The summed E-state index contributed by atoms with van der Waals surface area (Å²) in [7, 11) is 1.51. The third-order valence-corrected chi connectivity index (χ3v) is 5.33. The van der Waals surface area contributed by atoms with Crippen molar-refractivity contribution in [3.8, 4) is 5.75 Å². The van der Waals surface area contributed by atoms with Gasteiger partial charge in [-0.05, 0) is 29.3 Å². The van der Waals surface area contributed by atoms with Crippen molar-refractivity contribution >= 4 is 17.8 Å². The molecule has 3 N–H and O–H groups in total. The molecule has 0 aromatic heterocycles. The average molecular weight is 493 g/mol. The highest BCUT2D eigenvalue weighted by Crippen LogP contribution is 2.28. The second-order valence-electron chi connectivity index (χ2n) is 7.85. The van der Waals surface area contributed by atoms with Crippen LogP contribution in [-0.4, -0.2) is 48.3 Å². The largest absolute Gasteiger partial charge is 0.490 e. The van der Waals surface area contributed by atoms with Crippen LogP contribution in [0, 0.1) is 0 Å². The van der Waals surface area contributed by atoms with E-state index in [1.165, 1.54) is 25.3 Å². The number of methoxy groups -OCH3 is 1. The summed E-state index contributed by atoms with van der Waals surface area (Å²) in [4.78, 5) is 37.7. The third kappa shape index (κ3) is 7.14. The van der Waals surface area contributed by atoms with Gasteiger partial charge < -0.3 is 19.3 Å². The van der Waals surface area contributed by atoms with Gasteiger partial charge in [0.25, 0.3) is 5.91 Å².